The van der Waals surface area contributed by atoms with Gasteiger partial charge in [0.25, 0.3) is 0 Å². The maximum Gasteiger partial charge on any atom is 0.0406 e. The molecule has 3 heteroatoms. The largest absolute Gasteiger partial charge is 0.328 e. The highest BCUT2D eigenvalue weighted by Gasteiger charge is 2.23. The molecule has 0 aromatic heterocycles. The molecule has 0 bridgehead atoms. The van der Waals surface area contributed by atoms with Crippen LogP contribution in [0.4, 0.5) is 0 Å². The van der Waals surface area contributed by atoms with Gasteiger partial charge >= 0.3 is 0 Å². The van der Waals surface area contributed by atoms with Gasteiger partial charge in [-0.25, -0.2) is 0 Å². The highest BCUT2D eigenvalue weighted by atomic mass is 35.5. The summed E-state index contributed by atoms with van der Waals surface area (Å²) in [4.78, 5) is 2.52. The molecule has 2 nitrogen and oxygen atoms in total. The molecule has 0 radical (unpaired) electrons. The summed E-state index contributed by atoms with van der Waals surface area (Å²) in [6, 6.07) is 8.56. The molecule has 0 saturated carbocycles. The number of likely N-dealkylation sites (tertiary alicyclic amines) is 1. The van der Waals surface area contributed by atoms with Crippen molar-refractivity contribution in [1.29, 1.82) is 0 Å². The van der Waals surface area contributed by atoms with Crippen LogP contribution < -0.4 is 5.73 Å². The van der Waals surface area contributed by atoms with Gasteiger partial charge in [-0.15, -0.1) is 0 Å². The Bertz CT molecular complexity index is 363. The molecule has 1 heterocycles. The Hall–Kier alpha value is -0.570. The summed E-state index contributed by atoms with van der Waals surface area (Å²) in [7, 11) is 0. The molecule has 1 aliphatic heterocycles. The third-order valence-electron chi connectivity index (χ3n) is 3.85. The molecule has 18 heavy (non-hydrogen) atoms. The normalized spacial score (nSPS) is 22.3. The van der Waals surface area contributed by atoms with E-state index in [2.05, 4.69) is 24.0 Å². The molecule has 0 spiro atoms. The second-order valence-corrected chi connectivity index (χ2v) is 5.86. The molecule has 1 fully saturated rings. The number of nitrogens with zero attached hydrogens (tertiary/aromatic N) is 1. The second-order valence-electron chi connectivity index (χ2n) is 5.42. The number of halogens is 1. The molecule has 2 unspecified atom stereocenters. The molecule has 100 valence electrons. The molecule has 1 aromatic rings. The summed E-state index contributed by atoms with van der Waals surface area (Å²) < 4.78 is 0. The summed E-state index contributed by atoms with van der Waals surface area (Å²) in [5.74, 6) is 0.784. The lowest BCUT2D eigenvalue weighted by molar-refractivity contribution is 0.308. The first-order valence-electron chi connectivity index (χ1n) is 6.89. The Morgan fingerprint density at radius 3 is 2.78 bits per heavy atom. The Balaban J connectivity index is 1.80. The zero-order valence-corrected chi connectivity index (χ0v) is 11.9. The van der Waals surface area contributed by atoms with Gasteiger partial charge in [0.2, 0.25) is 0 Å². The number of benzene rings is 1. The fourth-order valence-electron chi connectivity index (χ4n) is 2.69. The van der Waals surface area contributed by atoms with Crippen molar-refractivity contribution in [2.45, 2.75) is 38.8 Å². The smallest absolute Gasteiger partial charge is 0.0406 e. The van der Waals surface area contributed by atoms with Crippen LogP contribution in [0.5, 0.6) is 0 Å². The van der Waals surface area contributed by atoms with Gasteiger partial charge in [-0.1, -0.05) is 30.7 Å². The van der Waals surface area contributed by atoms with Gasteiger partial charge in [0.1, 0.15) is 0 Å². The Morgan fingerprint density at radius 2 is 2.11 bits per heavy atom. The van der Waals surface area contributed by atoms with E-state index in [4.69, 9.17) is 17.3 Å². The molecule has 2 atom stereocenters. The maximum atomic E-state index is 6.03. The third kappa shape index (κ3) is 3.98. The Kier molecular flexibility index (Phi) is 5.04. The van der Waals surface area contributed by atoms with Gasteiger partial charge in [0, 0.05) is 24.2 Å². The van der Waals surface area contributed by atoms with Crippen LogP contribution in [0.1, 0.15) is 31.7 Å². The minimum atomic E-state index is 0.380. The van der Waals surface area contributed by atoms with Crippen molar-refractivity contribution in [2.24, 2.45) is 11.7 Å². The van der Waals surface area contributed by atoms with E-state index in [9.17, 15) is 0 Å². The standard InChI is InChI=1S/C15H23ClN2/c1-2-15(17)9-13-7-8-18(11-13)10-12-3-5-14(16)6-4-12/h3-6,13,15H,2,7-11,17H2,1H3. The molecule has 1 saturated heterocycles. The summed E-state index contributed by atoms with van der Waals surface area (Å²) in [6.07, 6.45) is 3.56. The lowest BCUT2D eigenvalue weighted by Gasteiger charge is -2.17. The Morgan fingerprint density at radius 1 is 1.39 bits per heavy atom. The third-order valence-corrected chi connectivity index (χ3v) is 4.10. The quantitative estimate of drug-likeness (QED) is 0.886. The van der Waals surface area contributed by atoms with Gasteiger partial charge in [-0.2, -0.15) is 0 Å². The van der Waals surface area contributed by atoms with Gasteiger partial charge in [-0.3, -0.25) is 4.90 Å². The summed E-state index contributed by atoms with van der Waals surface area (Å²) >= 11 is 5.90. The van der Waals surface area contributed by atoms with E-state index in [-0.39, 0.29) is 0 Å². The molecule has 2 N–H and O–H groups in total. The van der Waals surface area contributed by atoms with Crippen LogP contribution in [0.3, 0.4) is 0 Å². The van der Waals surface area contributed by atoms with E-state index >= 15 is 0 Å². The van der Waals surface area contributed by atoms with E-state index in [0.29, 0.717) is 6.04 Å². The average Bonchev–Trinajstić information content (AvgIpc) is 2.79. The molecule has 0 amide bonds. The molecule has 0 aliphatic carbocycles. The van der Waals surface area contributed by atoms with Gasteiger partial charge in [0.15, 0.2) is 0 Å². The van der Waals surface area contributed by atoms with Gasteiger partial charge in [0.05, 0.1) is 0 Å². The van der Waals surface area contributed by atoms with E-state index in [1.807, 2.05) is 12.1 Å². The molecule has 1 aromatic carbocycles. The van der Waals surface area contributed by atoms with Crippen LogP contribution >= 0.6 is 11.6 Å². The van der Waals surface area contributed by atoms with Crippen molar-refractivity contribution in [3.8, 4) is 0 Å². The van der Waals surface area contributed by atoms with Crippen molar-refractivity contribution in [1.82, 2.24) is 4.90 Å². The molecular weight excluding hydrogens is 244 g/mol. The minimum Gasteiger partial charge on any atom is -0.328 e. The van der Waals surface area contributed by atoms with Crippen LogP contribution in [-0.4, -0.2) is 24.0 Å². The fourth-order valence-corrected chi connectivity index (χ4v) is 2.82. The lowest BCUT2D eigenvalue weighted by atomic mass is 9.98. The second kappa shape index (κ2) is 6.55. The lowest BCUT2D eigenvalue weighted by Crippen LogP contribution is -2.25. The van der Waals surface area contributed by atoms with E-state index in [1.54, 1.807) is 0 Å². The van der Waals surface area contributed by atoms with Crippen LogP contribution in [-0.2, 0) is 6.54 Å². The van der Waals surface area contributed by atoms with Crippen molar-refractivity contribution >= 4 is 11.6 Å². The van der Waals surface area contributed by atoms with Gasteiger partial charge in [-0.05, 0) is 49.4 Å². The number of hydrogen-bond acceptors (Lipinski definition) is 2. The van der Waals surface area contributed by atoms with Gasteiger partial charge < -0.3 is 5.73 Å². The minimum absolute atomic E-state index is 0.380. The van der Waals surface area contributed by atoms with Crippen molar-refractivity contribution < 1.29 is 0 Å². The van der Waals surface area contributed by atoms with Crippen molar-refractivity contribution in [3.05, 3.63) is 34.9 Å². The first-order valence-corrected chi connectivity index (χ1v) is 7.27. The van der Waals surface area contributed by atoms with E-state index in [0.717, 1.165) is 23.9 Å². The van der Waals surface area contributed by atoms with Crippen LogP contribution in [0.2, 0.25) is 5.02 Å². The topological polar surface area (TPSA) is 29.3 Å². The van der Waals surface area contributed by atoms with Crippen LogP contribution in [0, 0.1) is 5.92 Å². The number of rotatable bonds is 5. The molecule has 1 aliphatic rings. The highest BCUT2D eigenvalue weighted by molar-refractivity contribution is 6.30. The Labute approximate surface area is 115 Å². The van der Waals surface area contributed by atoms with E-state index in [1.165, 1.54) is 31.5 Å². The SMILES string of the molecule is CCC(N)CC1CCN(Cc2ccc(Cl)cc2)C1. The van der Waals surface area contributed by atoms with Crippen molar-refractivity contribution in [3.63, 3.8) is 0 Å². The predicted molar refractivity (Wildman–Crippen MR) is 77.7 cm³/mol. The zero-order chi connectivity index (χ0) is 13.0. The monoisotopic (exact) mass is 266 g/mol. The first kappa shape index (κ1) is 13.9. The summed E-state index contributed by atoms with van der Waals surface area (Å²) in [5.41, 5.74) is 7.38. The zero-order valence-electron chi connectivity index (χ0n) is 11.1. The predicted octanol–water partition coefficient (Wildman–Crippen LogP) is 3.29. The summed E-state index contributed by atoms with van der Waals surface area (Å²) in [6.45, 7) is 5.60. The summed E-state index contributed by atoms with van der Waals surface area (Å²) in [5, 5.41) is 0.812. The molecular formula is C15H23ClN2. The fraction of sp³-hybridized carbons (Fsp3) is 0.600. The first-order chi connectivity index (χ1) is 8.67. The van der Waals surface area contributed by atoms with E-state index < -0.39 is 0 Å². The van der Waals surface area contributed by atoms with Crippen molar-refractivity contribution in [2.75, 3.05) is 13.1 Å². The number of hydrogen-bond donors (Lipinski definition) is 1. The molecule has 2 rings (SSSR count). The van der Waals surface area contributed by atoms with Crippen LogP contribution in [0.25, 0.3) is 0 Å². The average molecular weight is 267 g/mol. The number of nitrogens with two attached hydrogens (primary N) is 1. The van der Waals surface area contributed by atoms with Crippen LogP contribution in [0.15, 0.2) is 24.3 Å². The highest BCUT2D eigenvalue weighted by Crippen LogP contribution is 2.23. The maximum absolute atomic E-state index is 6.03.